The van der Waals surface area contributed by atoms with Crippen molar-refractivity contribution < 1.29 is 19.1 Å². The Balaban J connectivity index is 1.86. The zero-order valence-electron chi connectivity index (χ0n) is 15.2. The van der Waals surface area contributed by atoms with Gasteiger partial charge in [-0.25, -0.2) is 4.39 Å². The summed E-state index contributed by atoms with van der Waals surface area (Å²) in [5.74, 6) is -2.29. The number of carbonyl (C=O) groups excluding carboxylic acids is 2. The average Bonchev–Trinajstić information content (AvgIpc) is 3.00. The maximum Gasteiger partial charge on any atom is 0.296 e. The summed E-state index contributed by atoms with van der Waals surface area (Å²) in [5, 5.41) is 10.8. The number of likely N-dealkylation sites (tertiary alicyclic amines) is 1. The van der Waals surface area contributed by atoms with Gasteiger partial charge in [-0.05, 0) is 42.0 Å². The Hall–Kier alpha value is -3.87. The number of hydrogen-bond donors (Lipinski definition) is 1. The van der Waals surface area contributed by atoms with Crippen LogP contribution in [0.15, 0.2) is 78.8 Å². The summed E-state index contributed by atoms with van der Waals surface area (Å²) in [6.07, 6.45) is 4.55. The lowest BCUT2D eigenvalue weighted by Gasteiger charge is -2.25. The Kier molecular flexibility index (Phi) is 4.87. The molecule has 7 heteroatoms. The molecule has 1 aliphatic heterocycles. The quantitative estimate of drug-likeness (QED) is 0.421. The van der Waals surface area contributed by atoms with Crippen LogP contribution < -0.4 is 0 Å². The lowest BCUT2D eigenvalue weighted by molar-refractivity contribution is -0.140. The zero-order valence-corrected chi connectivity index (χ0v) is 15.2. The van der Waals surface area contributed by atoms with Gasteiger partial charge in [0.2, 0.25) is 0 Å². The van der Waals surface area contributed by atoms with Crippen LogP contribution in [0.25, 0.3) is 5.76 Å². The number of carbonyl (C=O) groups is 2. The Bertz CT molecular complexity index is 1080. The van der Waals surface area contributed by atoms with E-state index in [1.54, 1.807) is 36.5 Å². The summed E-state index contributed by atoms with van der Waals surface area (Å²) in [5.41, 5.74) is 1.41. The fourth-order valence-electron chi connectivity index (χ4n) is 3.37. The SMILES string of the molecule is O=C1C(=O)N(Cc2ccccn2)C(c2ccc(F)cc2)/C1=C(\O)c1ccncc1. The topological polar surface area (TPSA) is 83.4 Å². The van der Waals surface area contributed by atoms with Crippen LogP contribution in [0.2, 0.25) is 0 Å². The highest BCUT2D eigenvalue weighted by Crippen LogP contribution is 2.40. The molecule has 3 aromatic rings. The molecule has 3 heterocycles. The van der Waals surface area contributed by atoms with Crippen LogP contribution in [0.5, 0.6) is 0 Å². The first-order valence-corrected chi connectivity index (χ1v) is 8.90. The van der Waals surface area contributed by atoms with E-state index in [9.17, 15) is 19.1 Å². The minimum atomic E-state index is -0.870. The van der Waals surface area contributed by atoms with Gasteiger partial charge in [-0.3, -0.25) is 19.6 Å². The normalized spacial score (nSPS) is 18.2. The third kappa shape index (κ3) is 3.50. The number of benzene rings is 1. The third-order valence-corrected chi connectivity index (χ3v) is 4.74. The van der Waals surface area contributed by atoms with E-state index in [1.807, 2.05) is 0 Å². The number of Topliss-reactive ketones (excluding diaryl/α,β-unsaturated/α-hetero) is 1. The second kappa shape index (κ2) is 7.63. The van der Waals surface area contributed by atoms with Crippen molar-refractivity contribution in [2.24, 2.45) is 0 Å². The molecule has 1 saturated heterocycles. The number of aromatic nitrogens is 2. The first-order chi connectivity index (χ1) is 14.1. The molecule has 0 saturated carbocycles. The van der Waals surface area contributed by atoms with Crippen molar-refractivity contribution in [3.05, 3.63) is 101 Å². The predicted octanol–water partition coefficient (Wildman–Crippen LogP) is 3.24. The van der Waals surface area contributed by atoms with E-state index in [2.05, 4.69) is 9.97 Å². The van der Waals surface area contributed by atoms with Crippen LogP contribution in [0, 0.1) is 5.82 Å². The maximum atomic E-state index is 13.5. The molecule has 0 radical (unpaired) electrons. The Morgan fingerprint density at radius 3 is 2.38 bits per heavy atom. The number of ketones is 1. The highest BCUT2D eigenvalue weighted by Gasteiger charge is 2.46. The molecule has 1 N–H and O–H groups in total. The smallest absolute Gasteiger partial charge is 0.296 e. The number of halogens is 1. The number of rotatable bonds is 4. The molecule has 2 aromatic heterocycles. The molecule has 29 heavy (non-hydrogen) atoms. The van der Waals surface area contributed by atoms with Crippen molar-refractivity contribution in [1.29, 1.82) is 0 Å². The van der Waals surface area contributed by atoms with Gasteiger partial charge < -0.3 is 10.0 Å². The van der Waals surface area contributed by atoms with Crippen LogP contribution in [-0.4, -0.2) is 31.7 Å². The number of aliphatic hydroxyl groups excluding tert-OH is 1. The summed E-state index contributed by atoms with van der Waals surface area (Å²) in [4.78, 5) is 35.1. The highest BCUT2D eigenvalue weighted by molar-refractivity contribution is 6.46. The number of aliphatic hydroxyl groups is 1. The monoisotopic (exact) mass is 389 g/mol. The molecule has 1 unspecified atom stereocenters. The molecule has 144 valence electrons. The van der Waals surface area contributed by atoms with Crippen molar-refractivity contribution in [1.82, 2.24) is 14.9 Å². The van der Waals surface area contributed by atoms with Gasteiger partial charge in [0.05, 0.1) is 23.9 Å². The van der Waals surface area contributed by atoms with Crippen molar-refractivity contribution in [2.45, 2.75) is 12.6 Å². The number of hydrogen-bond acceptors (Lipinski definition) is 5. The molecule has 1 aromatic carbocycles. The van der Waals surface area contributed by atoms with Gasteiger partial charge in [0.25, 0.3) is 11.7 Å². The zero-order chi connectivity index (χ0) is 20.4. The molecule has 0 spiro atoms. The molecule has 1 amide bonds. The first-order valence-electron chi connectivity index (χ1n) is 8.90. The van der Waals surface area contributed by atoms with Gasteiger partial charge in [-0.2, -0.15) is 0 Å². The van der Waals surface area contributed by atoms with Crippen molar-refractivity contribution >= 4 is 17.4 Å². The van der Waals surface area contributed by atoms with E-state index >= 15 is 0 Å². The number of nitrogens with zero attached hydrogens (tertiary/aromatic N) is 3. The van der Waals surface area contributed by atoms with E-state index in [-0.39, 0.29) is 17.9 Å². The summed E-state index contributed by atoms with van der Waals surface area (Å²) in [7, 11) is 0. The molecule has 1 atom stereocenters. The Labute approximate surface area is 166 Å². The molecule has 0 bridgehead atoms. The summed E-state index contributed by atoms with van der Waals surface area (Å²) < 4.78 is 13.5. The van der Waals surface area contributed by atoms with Gasteiger partial charge in [0, 0.05) is 24.2 Å². The highest BCUT2D eigenvalue weighted by atomic mass is 19.1. The van der Waals surface area contributed by atoms with Crippen LogP contribution >= 0.6 is 0 Å². The number of pyridine rings is 2. The van der Waals surface area contributed by atoms with Crippen LogP contribution in [-0.2, 0) is 16.1 Å². The Morgan fingerprint density at radius 1 is 1.00 bits per heavy atom. The molecule has 6 nitrogen and oxygen atoms in total. The standard InChI is InChI=1S/C22H16FN3O3/c23-16-6-4-14(5-7-16)19-18(20(27)15-8-11-24-12-9-15)21(28)22(29)26(19)13-17-3-1-2-10-25-17/h1-12,19,27H,13H2/b20-18+. The predicted molar refractivity (Wildman–Crippen MR) is 103 cm³/mol. The third-order valence-electron chi connectivity index (χ3n) is 4.74. The van der Waals surface area contributed by atoms with Crippen molar-refractivity contribution in [2.75, 3.05) is 0 Å². The van der Waals surface area contributed by atoms with Crippen LogP contribution in [0.1, 0.15) is 22.9 Å². The van der Waals surface area contributed by atoms with Gasteiger partial charge in [-0.15, -0.1) is 0 Å². The van der Waals surface area contributed by atoms with Crippen LogP contribution in [0.3, 0.4) is 0 Å². The molecule has 4 rings (SSSR count). The lowest BCUT2D eigenvalue weighted by atomic mass is 9.95. The second-order valence-corrected chi connectivity index (χ2v) is 6.54. The Morgan fingerprint density at radius 2 is 1.72 bits per heavy atom. The van der Waals surface area contributed by atoms with Crippen LogP contribution in [0.4, 0.5) is 4.39 Å². The minimum Gasteiger partial charge on any atom is -0.507 e. The van der Waals surface area contributed by atoms with E-state index < -0.39 is 23.5 Å². The van der Waals surface area contributed by atoms with E-state index in [0.717, 1.165) is 0 Å². The minimum absolute atomic E-state index is 0.0521. The number of amides is 1. The summed E-state index contributed by atoms with van der Waals surface area (Å²) in [6.45, 7) is 0.0700. The fraction of sp³-hybridized carbons (Fsp3) is 0.0909. The molecular weight excluding hydrogens is 373 g/mol. The fourth-order valence-corrected chi connectivity index (χ4v) is 3.37. The van der Waals surface area contributed by atoms with Gasteiger partial charge in [-0.1, -0.05) is 18.2 Å². The van der Waals surface area contributed by atoms with Crippen molar-refractivity contribution in [3.63, 3.8) is 0 Å². The van der Waals surface area contributed by atoms with E-state index in [4.69, 9.17) is 0 Å². The van der Waals surface area contributed by atoms with Gasteiger partial charge >= 0.3 is 0 Å². The van der Waals surface area contributed by atoms with E-state index in [0.29, 0.717) is 16.8 Å². The molecular formula is C22H16FN3O3. The summed E-state index contributed by atoms with van der Waals surface area (Å²) in [6, 6.07) is 13.0. The van der Waals surface area contributed by atoms with Gasteiger partial charge in [0.15, 0.2) is 0 Å². The maximum absolute atomic E-state index is 13.5. The second-order valence-electron chi connectivity index (χ2n) is 6.54. The van der Waals surface area contributed by atoms with E-state index in [1.165, 1.54) is 41.6 Å². The van der Waals surface area contributed by atoms with Crippen molar-refractivity contribution in [3.8, 4) is 0 Å². The molecule has 0 aliphatic carbocycles. The average molecular weight is 389 g/mol. The largest absolute Gasteiger partial charge is 0.507 e. The first kappa shape index (κ1) is 18.5. The molecule has 1 aliphatic rings. The molecule has 1 fully saturated rings. The summed E-state index contributed by atoms with van der Waals surface area (Å²) >= 11 is 0. The van der Waals surface area contributed by atoms with Gasteiger partial charge in [0.1, 0.15) is 11.6 Å². The lowest BCUT2D eigenvalue weighted by Crippen LogP contribution is -2.29.